The van der Waals surface area contributed by atoms with E-state index in [2.05, 4.69) is 61.3 Å². The van der Waals surface area contributed by atoms with Crippen LogP contribution in [0.3, 0.4) is 0 Å². The van der Waals surface area contributed by atoms with Gasteiger partial charge in [0.1, 0.15) is 3.70 Å². The topological polar surface area (TPSA) is 33.5 Å². The van der Waals surface area contributed by atoms with Gasteiger partial charge in [0.2, 0.25) is 6.20 Å². The van der Waals surface area contributed by atoms with Crippen LogP contribution in [0.2, 0.25) is 0 Å². The smallest absolute Gasteiger partial charge is 0.252 e. The van der Waals surface area contributed by atoms with Crippen LogP contribution in [0.1, 0.15) is 0 Å². The Balaban J connectivity index is 2.55. The Morgan fingerprint density at radius 1 is 1.50 bits per heavy atom. The molecular weight excluding hydrogens is 406 g/mol. The van der Waals surface area contributed by atoms with Gasteiger partial charge in [-0.15, -0.1) is 4.68 Å². The maximum absolute atomic E-state index is 4.10. The van der Waals surface area contributed by atoms with Crippen LogP contribution < -0.4 is 2.90 Å². The zero-order valence-corrected chi connectivity index (χ0v) is 11.2. The van der Waals surface area contributed by atoms with Crippen molar-refractivity contribution in [3.05, 3.63) is 28.4 Å². The van der Waals surface area contributed by atoms with Crippen molar-refractivity contribution in [3.8, 4) is 0 Å². The highest BCUT2D eigenvalue weighted by Gasteiger charge is 2.12. The lowest BCUT2D eigenvalue weighted by atomic mass is 10.5. The van der Waals surface area contributed by atoms with Crippen LogP contribution in [0.25, 0.3) is 5.70 Å². The molecule has 0 saturated carbocycles. The minimum atomic E-state index is 0.863. The lowest BCUT2D eigenvalue weighted by molar-refractivity contribution is -0.529. The third-order valence-electron chi connectivity index (χ3n) is 1.59. The minimum absolute atomic E-state index is 0.863. The van der Waals surface area contributed by atoms with Gasteiger partial charge in [0.05, 0.1) is 18.6 Å². The van der Waals surface area contributed by atoms with E-state index in [0.29, 0.717) is 0 Å². The molecule has 0 radical (unpaired) electrons. The minimum Gasteiger partial charge on any atom is -0.252 e. The Labute approximate surface area is 108 Å². The summed E-state index contributed by atoms with van der Waals surface area (Å²) in [5.41, 5.74) is 0.936. The SMILES string of the molecule is IC1=C(n2ccc[n+]2I)C=NC=C=N1. The first-order valence-electron chi connectivity index (χ1n) is 3.76. The maximum atomic E-state index is 4.10. The van der Waals surface area contributed by atoms with Crippen molar-refractivity contribution in [1.29, 1.82) is 0 Å². The average Bonchev–Trinajstić information content (AvgIpc) is 2.46. The zero-order valence-electron chi connectivity index (χ0n) is 6.93. The van der Waals surface area contributed by atoms with E-state index < -0.39 is 0 Å². The lowest BCUT2D eigenvalue weighted by Crippen LogP contribution is -2.30. The summed E-state index contributed by atoms with van der Waals surface area (Å²) in [6, 6.07) is 1.96. The Hall–Kier alpha value is -0.470. The number of allylic oxidation sites excluding steroid dienone is 1. The molecule has 6 heteroatoms. The van der Waals surface area contributed by atoms with Crippen LogP contribution in [-0.2, 0) is 0 Å². The summed E-state index contributed by atoms with van der Waals surface area (Å²) in [7, 11) is 0. The summed E-state index contributed by atoms with van der Waals surface area (Å²) in [6.07, 6.45) is 7.22. The molecule has 1 aromatic heterocycles. The molecule has 0 amide bonds. The molecule has 14 heavy (non-hydrogen) atoms. The third-order valence-corrected chi connectivity index (χ3v) is 3.17. The quantitative estimate of drug-likeness (QED) is 0.500. The fourth-order valence-electron chi connectivity index (χ4n) is 1.00. The molecule has 1 aliphatic rings. The van der Waals surface area contributed by atoms with Crippen LogP contribution >= 0.6 is 45.5 Å². The summed E-state index contributed by atoms with van der Waals surface area (Å²) in [6.45, 7) is 0. The van der Waals surface area contributed by atoms with Gasteiger partial charge >= 0.3 is 22.9 Å². The molecule has 1 aliphatic heterocycles. The fourth-order valence-corrected chi connectivity index (χ4v) is 2.09. The Morgan fingerprint density at radius 2 is 2.36 bits per heavy atom. The standard InChI is InChI=1S/C8H5I2N4/c9-8-7(6-11-2-3-12-8)13-4-1-5-14(13)10/h1-2,4-6H/q+1. The van der Waals surface area contributed by atoms with Crippen LogP contribution in [0.15, 0.2) is 38.3 Å². The van der Waals surface area contributed by atoms with Crippen molar-refractivity contribution in [2.45, 2.75) is 0 Å². The number of nitrogens with zero attached hydrogens (tertiary/aromatic N) is 4. The highest BCUT2D eigenvalue weighted by Crippen LogP contribution is 2.16. The molecule has 0 spiro atoms. The first-order valence-corrected chi connectivity index (χ1v) is 5.80. The first-order chi connectivity index (χ1) is 6.79. The second-order valence-electron chi connectivity index (χ2n) is 2.45. The highest BCUT2D eigenvalue weighted by atomic mass is 127. The molecule has 0 bridgehead atoms. The monoisotopic (exact) mass is 411 g/mol. The van der Waals surface area contributed by atoms with E-state index in [9.17, 15) is 0 Å². The van der Waals surface area contributed by atoms with E-state index in [1.54, 1.807) is 12.4 Å². The second-order valence-corrected chi connectivity index (χ2v) is 4.46. The number of halogens is 2. The number of aliphatic imine (C=N–C) groups is 2. The van der Waals surface area contributed by atoms with Gasteiger partial charge in [-0.05, 0) is 25.5 Å². The lowest BCUT2D eigenvalue weighted by Gasteiger charge is -1.98. The largest absolute Gasteiger partial charge is 0.382 e. The molecule has 4 nitrogen and oxygen atoms in total. The molecule has 1 aromatic rings. The molecule has 0 aliphatic carbocycles. The Bertz CT molecular complexity index is 477. The van der Waals surface area contributed by atoms with Crippen LogP contribution in [-0.4, -0.2) is 16.8 Å². The van der Waals surface area contributed by atoms with E-state index in [4.69, 9.17) is 0 Å². The predicted octanol–water partition coefficient (Wildman–Crippen LogP) is 1.80. The molecule has 0 atom stereocenters. The van der Waals surface area contributed by atoms with Crippen molar-refractivity contribution in [1.82, 2.24) is 4.68 Å². The fraction of sp³-hybridized carbons (Fsp3) is 0. The van der Waals surface area contributed by atoms with Crippen LogP contribution in [0, 0.1) is 0 Å². The molecule has 0 N–H and O–H groups in total. The predicted molar refractivity (Wildman–Crippen MR) is 71.8 cm³/mol. The molecule has 2 heterocycles. The van der Waals surface area contributed by atoms with Crippen molar-refractivity contribution in [3.63, 3.8) is 0 Å². The third kappa shape index (κ3) is 1.96. The van der Waals surface area contributed by atoms with E-state index in [-0.39, 0.29) is 0 Å². The maximum Gasteiger partial charge on any atom is 0.382 e. The highest BCUT2D eigenvalue weighted by molar-refractivity contribution is 14.1. The van der Waals surface area contributed by atoms with E-state index in [1.165, 1.54) is 0 Å². The van der Waals surface area contributed by atoms with Gasteiger partial charge in [0, 0.05) is 11.9 Å². The molecule has 70 valence electrons. The summed E-state index contributed by atoms with van der Waals surface area (Å²) in [5.74, 6) is 2.72. The van der Waals surface area contributed by atoms with Crippen LogP contribution in [0.5, 0.6) is 0 Å². The number of aromatic nitrogens is 2. The van der Waals surface area contributed by atoms with Crippen molar-refractivity contribution >= 4 is 63.2 Å². The van der Waals surface area contributed by atoms with Gasteiger partial charge in [-0.3, -0.25) is 4.99 Å². The molecule has 2 rings (SSSR count). The number of rotatable bonds is 1. The summed E-state index contributed by atoms with van der Waals surface area (Å²) < 4.78 is 4.75. The average molecular weight is 411 g/mol. The van der Waals surface area contributed by atoms with E-state index in [0.717, 1.165) is 9.40 Å². The molecule has 0 aromatic carbocycles. The van der Waals surface area contributed by atoms with Gasteiger partial charge in [-0.1, -0.05) is 0 Å². The molecule has 0 saturated heterocycles. The van der Waals surface area contributed by atoms with Gasteiger partial charge < -0.3 is 0 Å². The Morgan fingerprint density at radius 3 is 3.07 bits per heavy atom. The van der Waals surface area contributed by atoms with Gasteiger partial charge in [0.25, 0.3) is 0 Å². The van der Waals surface area contributed by atoms with Crippen molar-refractivity contribution < 1.29 is 2.90 Å². The Kier molecular flexibility index (Phi) is 3.14. The van der Waals surface area contributed by atoms with E-state index in [1.807, 2.05) is 26.0 Å². The zero-order chi connectivity index (χ0) is 9.97. The van der Waals surface area contributed by atoms with Crippen molar-refractivity contribution in [2.24, 2.45) is 9.98 Å². The van der Waals surface area contributed by atoms with Crippen molar-refractivity contribution in [2.75, 3.05) is 0 Å². The first kappa shape index (κ1) is 10.1. The second kappa shape index (κ2) is 4.37. The summed E-state index contributed by atoms with van der Waals surface area (Å²) in [4.78, 5) is 8.15. The number of hydrogen-bond donors (Lipinski definition) is 0. The normalized spacial score (nSPS) is 15.0. The molecular formula is C8H5I2N4+. The summed E-state index contributed by atoms with van der Waals surface area (Å²) >= 11 is 4.35. The molecule has 0 unspecified atom stereocenters. The molecule has 0 fully saturated rings. The van der Waals surface area contributed by atoms with Gasteiger partial charge in [-0.2, -0.15) is 4.99 Å². The van der Waals surface area contributed by atoms with Gasteiger partial charge in [-0.25, -0.2) is 0 Å². The van der Waals surface area contributed by atoms with Gasteiger partial charge in [0.15, 0.2) is 5.70 Å². The van der Waals surface area contributed by atoms with E-state index >= 15 is 0 Å². The number of hydrogen-bond acceptors (Lipinski definition) is 2. The van der Waals surface area contributed by atoms with Crippen LogP contribution in [0.4, 0.5) is 0 Å². The summed E-state index contributed by atoms with van der Waals surface area (Å²) in [5, 5.41) is 0.